The molecule has 2 spiro atoms. The number of urea groups is 1. The molecule has 0 atom stereocenters. The van der Waals surface area contributed by atoms with Crippen LogP contribution in [-0.4, -0.2) is 90.7 Å². The minimum atomic E-state index is -4.56. The van der Waals surface area contributed by atoms with Gasteiger partial charge in [0, 0.05) is 67.9 Å². The molecule has 3 saturated heterocycles. The van der Waals surface area contributed by atoms with E-state index in [4.69, 9.17) is 0 Å². The Labute approximate surface area is 208 Å². The molecule has 5 heterocycles. The molecule has 1 aliphatic carbocycles. The van der Waals surface area contributed by atoms with Crippen molar-refractivity contribution in [1.82, 2.24) is 39.2 Å². The van der Waals surface area contributed by atoms with Gasteiger partial charge in [0.1, 0.15) is 12.9 Å². The van der Waals surface area contributed by atoms with Crippen LogP contribution in [0.1, 0.15) is 36.0 Å². The third-order valence-electron chi connectivity index (χ3n) is 8.17. The summed E-state index contributed by atoms with van der Waals surface area (Å²) in [6.45, 7) is 5.14. The average molecular weight is 532 g/mol. The SMILES string of the molecule is Cc1c(CN2CC3(C2)CN(C(=O)N2CC4(CC(n5cnc(C(F)(F)F)n5)C4)C2)C3)cnn1CC(F)(F)F. The zero-order valence-corrected chi connectivity index (χ0v) is 20.1. The monoisotopic (exact) mass is 532 g/mol. The lowest BCUT2D eigenvalue weighted by Crippen LogP contribution is -2.75. The molecule has 0 radical (unpaired) electrons. The Kier molecular flexibility index (Phi) is 5.19. The Morgan fingerprint density at radius 2 is 1.62 bits per heavy atom. The largest absolute Gasteiger partial charge is 0.453 e. The molecule has 0 aromatic carbocycles. The minimum Gasteiger partial charge on any atom is -0.323 e. The van der Waals surface area contributed by atoms with E-state index >= 15 is 0 Å². The van der Waals surface area contributed by atoms with E-state index in [1.807, 2.05) is 4.90 Å². The first-order valence-electron chi connectivity index (χ1n) is 12.1. The van der Waals surface area contributed by atoms with Crippen molar-refractivity contribution in [1.29, 1.82) is 0 Å². The van der Waals surface area contributed by atoms with Gasteiger partial charge in [-0.3, -0.25) is 9.58 Å². The summed E-state index contributed by atoms with van der Waals surface area (Å²) in [7, 11) is 0. The highest BCUT2D eigenvalue weighted by molar-refractivity contribution is 5.77. The van der Waals surface area contributed by atoms with Gasteiger partial charge in [0.25, 0.3) is 5.82 Å². The van der Waals surface area contributed by atoms with Gasteiger partial charge in [-0.2, -0.15) is 31.4 Å². The van der Waals surface area contributed by atoms with Crippen LogP contribution in [0.15, 0.2) is 12.5 Å². The molecule has 3 aliphatic heterocycles. The van der Waals surface area contributed by atoms with E-state index in [1.54, 1.807) is 11.8 Å². The van der Waals surface area contributed by atoms with Crippen LogP contribution in [0.4, 0.5) is 31.1 Å². The number of halogens is 6. The molecule has 0 N–H and O–H groups in total. The molecule has 4 aliphatic rings. The van der Waals surface area contributed by atoms with Crippen molar-refractivity contribution in [3.63, 3.8) is 0 Å². The van der Waals surface area contributed by atoms with Crippen LogP contribution in [0.5, 0.6) is 0 Å². The molecule has 2 aromatic rings. The van der Waals surface area contributed by atoms with Crippen molar-refractivity contribution >= 4 is 6.03 Å². The number of hydrogen-bond donors (Lipinski definition) is 0. The van der Waals surface area contributed by atoms with E-state index in [0.717, 1.165) is 29.7 Å². The molecule has 15 heteroatoms. The highest BCUT2D eigenvalue weighted by Crippen LogP contribution is 2.54. The summed E-state index contributed by atoms with van der Waals surface area (Å²) in [5.74, 6) is -1.13. The molecular weight excluding hydrogens is 506 g/mol. The van der Waals surface area contributed by atoms with Gasteiger partial charge in [0.2, 0.25) is 0 Å². The number of carbonyl (C=O) groups is 1. The molecule has 202 valence electrons. The number of nitrogens with zero attached hydrogens (tertiary/aromatic N) is 8. The number of amides is 2. The highest BCUT2D eigenvalue weighted by atomic mass is 19.4. The van der Waals surface area contributed by atoms with Gasteiger partial charge in [-0.25, -0.2) is 14.5 Å². The van der Waals surface area contributed by atoms with Gasteiger partial charge >= 0.3 is 18.4 Å². The summed E-state index contributed by atoms with van der Waals surface area (Å²) < 4.78 is 78.4. The predicted octanol–water partition coefficient (Wildman–Crippen LogP) is 2.94. The second-order valence-electron chi connectivity index (χ2n) is 11.3. The maximum absolute atomic E-state index is 12.8. The number of likely N-dealkylation sites (tertiary alicyclic amines) is 3. The van der Waals surface area contributed by atoms with E-state index in [-0.39, 0.29) is 22.9 Å². The third-order valence-corrected chi connectivity index (χ3v) is 8.17. The first-order chi connectivity index (χ1) is 17.2. The lowest BCUT2D eigenvalue weighted by atomic mass is 9.60. The fraction of sp³-hybridized carbons (Fsp3) is 0.727. The van der Waals surface area contributed by atoms with Crippen LogP contribution >= 0.6 is 0 Å². The van der Waals surface area contributed by atoms with E-state index in [2.05, 4.69) is 20.1 Å². The number of rotatable bonds is 4. The molecule has 2 aromatic heterocycles. The number of aromatic nitrogens is 5. The van der Waals surface area contributed by atoms with E-state index in [1.165, 1.54) is 10.9 Å². The van der Waals surface area contributed by atoms with Crippen LogP contribution in [0.25, 0.3) is 0 Å². The van der Waals surface area contributed by atoms with Gasteiger partial charge < -0.3 is 9.80 Å². The van der Waals surface area contributed by atoms with E-state index in [9.17, 15) is 31.1 Å². The van der Waals surface area contributed by atoms with Gasteiger partial charge in [0.05, 0.1) is 12.2 Å². The summed E-state index contributed by atoms with van der Waals surface area (Å²) in [4.78, 5) is 22.0. The lowest BCUT2D eigenvalue weighted by Gasteiger charge is -2.63. The van der Waals surface area contributed by atoms with Crippen molar-refractivity contribution in [2.24, 2.45) is 10.8 Å². The van der Waals surface area contributed by atoms with Gasteiger partial charge in [-0.05, 0) is 19.8 Å². The van der Waals surface area contributed by atoms with Crippen molar-refractivity contribution < 1.29 is 31.1 Å². The molecule has 0 bridgehead atoms. The number of alkyl halides is 6. The van der Waals surface area contributed by atoms with Crippen LogP contribution in [-0.2, 0) is 19.3 Å². The molecule has 4 fully saturated rings. The van der Waals surface area contributed by atoms with Gasteiger partial charge in [-0.15, -0.1) is 5.10 Å². The first kappa shape index (κ1) is 24.5. The minimum absolute atomic E-state index is 0.0115. The molecule has 2 amide bonds. The first-order valence-corrected chi connectivity index (χ1v) is 12.1. The van der Waals surface area contributed by atoms with Gasteiger partial charge in [-0.1, -0.05) is 0 Å². The fourth-order valence-electron chi connectivity index (χ4n) is 6.39. The van der Waals surface area contributed by atoms with Crippen molar-refractivity contribution in [3.05, 3.63) is 29.6 Å². The second kappa shape index (κ2) is 7.84. The Bertz CT molecular complexity index is 1190. The van der Waals surface area contributed by atoms with Crippen molar-refractivity contribution in [2.75, 3.05) is 39.3 Å². The summed E-state index contributed by atoms with van der Waals surface area (Å²) in [5.41, 5.74) is 1.28. The zero-order valence-electron chi connectivity index (χ0n) is 20.1. The zero-order chi connectivity index (χ0) is 26.4. The van der Waals surface area contributed by atoms with Crippen LogP contribution in [0, 0.1) is 17.8 Å². The normalized spacial score (nSPS) is 23.1. The number of hydrogen-bond acceptors (Lipinski definition) is 5. The molecular formula is C22H26F6N8O. The van der Waals surface area contributed by atoms with Crippen molar-refractivity contribution in [2.45, 2.75) is 51.2 Å². The van der Waals surface area contributed by atoms with Crippen LogP contribution in [0.3, 0.4) is 0 Å². The molecule has 1 saturated carbocycles. The summed E-state index contributed by atoms with van der Waals surface area (Å²) >= 11 is 0. The van der Waals surface area contributed by atoms with Crippen LogP contribution < -0.4 is 0 Å². The molecule has 0 unspecified atom stereocenters. The lowest BCUT2D eigenvalue weighted by molar-refractivity contribution is -0.145. The summed E-state index contributed by atoms with van der Waals surface area (Å²) in [6.07, 6.45) is -4.91. The Morgan fingerprint density at radius 1 is 1.00 bits per heavy atom. The highest BCUT2D eigenvalue weighted by Gasteiger charge is 2.58. The summed E-state index contributed by atoms with van der Waals surface area (Å²) in [6, 6.07) is -0.138. The maximum atomic E-state index is 12.8. The number of carbonyl (C=O) groups excluding carboxylic acids is 1. The summed E-state index contributed by atoms with van der Waals surface area (Å²) in [5, 5.41) is 7.42. The average Bonchev–Trinajstić information content (AvgIpc) is 3.28. The second-order valence-corrected chi connectivity index (χ2v) is 11.3. The fourth-order valence-corrected chi connectivity index (χ4v) is 6.39. The smallest absolute Gasteiger partial charge is 0.323 e. The Morgan fingerprint density at radius 3 is 2.19 bits per heavy atom. The van der Waals surface area contributed by atoms with Gasteiger partial charge in [0.15, 0.2) is 0 Å². The predicted molar refractivity (Wildman–Crippen MR) is 115 cm³/mol. The molecule has 6 rings (SSSR count). The van der Waals surface area contributed by atoms with E-state index < -0.39 is 24.7 Å². The molecule has 9 nitrogen and oxygen atoms in total. The van der Waals surface area contributed by atoms with Crippen LogP contribution in [0.2, 0.25) is 0 Å². The maximum Gasteiger partial charge on any atom is 0.453 e. The Hall–Kier alpha value is -2.84. The quantitative estimate of drug-likeness (QED) is 0.567. The van der Waals surface area contributed by atoms with E-state index in [0.29, 0.717) is 51.3 Å². The Balaban J connectivity index is 0.926. The van der Waals surface area contributed by atoms with Crippen molar-refractivity contribution in [3.8, 4) is 0 Å². The third kappa shape index (κ3) is 4.34. The topological polar surface area (TPSA) is 75.3 Å². The molecule has 37 heavy (non-hydrogen) atoms. The standard InChI is InChI=1S/C22H26F6N8O/c1-14-15(4-30-35(14)12-21(23,24)25)5-32-6-20(7-32)10-34(11-20)18(37)33-8-19(9-33)2-16(3-19)36-13-29-17(31-36)22(26,27)28/h4,13,16H,2-3,5-12H2,1H3.